The van der Waals surface area contributed by atoms with Crippen LogP contribution in [0.5, 0.6) is 5.75 Å². The lowest BCUT2D eigenvalue weighted by Crippen LogP contribution is -2.52. The predicted molar refractivity (Wildman–Crippen MR) is 87.8 cm³/mol. The fourth-order valence-electron chi connectivity index (χ4n) is 3.21. The summed E-state index contributed by atoms with van der Waals surface area (Å²) < 4.78 is 19.9. The molecule has 3 rings (SSSR count). The Bertz CT molecular complexity index is 697. The maximum Gasteiger partial charge on any atom is 0.162 e. The third kappa shape index (κ3) is 2.93. The van der Waals surface area contributed by atoms with Crippen molar-refractivity contribution in [2.24, 2.45) is 0 Å². The molecule has 0 spiro atoms. The molecule has 122 valence electrons. The molecule has 1 aromatic heterocycles. The van der Waals surface area contributed by atoms with Crippen molar-refractivity contribution in [3.8, 4) is 17.1 Å². The first-order chi connectivity index (χ1) is 10.9. The van der Waals surface area contributed by atoms with Crippen molar-refractivity contribution in [2.75, 3.05) is 13.7 Å². The third-order valence-corrected chi connectivity index (χ3v) is 4.33. The number of ether oxygens (including phenoxy) is 1. The SMILES string of the molecule is COc1c(-c2ncccn2)cc(F)cc1C1CCN1C(C)(C)C. The van der Waals surface area contributed by atoms with Crippen LogP contribution in [-0.2, 0) is 0 Å². The van der Waals surface area contributed by atoms with Crippen LogP contribution in [-0.4, -0.2) is 34.1 Å². The van der Waals surface area contributed by atoms with E-state index in [9.17, 15) is 4.39 Å². The van der Waals surface area contributed by atoms with Crippen molar-refractivity contribution < 1.29 is 9.13 Å². The molecule has 0 aliphatic carbocycles. The Morgan fingerprint density at radius 1 is 1.22 bits per heavy atom. The average molecular weight is 315 g/mol. The van der Waals surface area contributed by atoms with E-state index in [1.165, 1.54) is 6.07 Å². The molecule has 1 unspecified atom stereocenters. The molecule has 1 aromatic carbocycles. The molecule has 1 saturated heterocycles. The highest BCUT2D eigenvalue weighted by Crippen LogP contribution is 2.45. The Labute approximate surface area is 136 Å². The zero-order valence-corrected chi connectivity index (χ0v) is 14.0. The molecule has 0 N–H and O–H groups in total. The Balaban J connectivity index is 2.10. The summed E-state index contributed by atoms with van der Waals surface area (Å²) in [6, 6.07) is 4.91. The van der Waals surface area contributed by atoms with Crippen LogP contribution >= 0.6 is 0 Å². The van der Waals surface area contributed by atoms with Gasteiger partial charge in [-0.2, -0.15) is 0 Å². The molecule has 0 saturated carbocycles. The van der Waals surface area contributed by atoms with Gasteiger partial charge in [0.05, 0.1) is 12.7 Å². The van der Waals surface area contributed by atoms with E-state index >= 15 is 0 Å². The van der Waals surface area contributed by atoms with Gasteiger partial charge in [0.2, 0.25) is 0 Å². The molecule has 5 heteroatoms. The average Bonchev–Trinajstić information content (AvgIpc) is 2.44. The van der Waals surface area contributed by atoms with Crippen LogP contribution < -0.4 is 4.74 Å². The number of hydrogen-bond acceptors (Lipinski definition) is 4. The van der Waals surface area contributed by atoms with E-state index in [4.69, 9.17) is 4.74 Å². The molecule has 1 atom stereocenters. The van der Waals surface area contributed by atoms with Crippen LogP contribution in [0.3, 0.4) is 0 Å². The van der Waals surface area contributed by atoms with Gasteiger partial charge in [-0.1, -0.05) is 0 Å². The number of aromatic nitrogens is 2. The van der Waals surface area contributed by atoms with E-state index < -0.39 is 0 Å². The lowest BCUT2D eigenvalue weighted by molar-refractivity contribution is -0.000809. The van der Waals surface area contributed by atoms with Gasteiger partial charge >= 0.3 is 0 Å². The van der Waals surface area contributed by atoms with Crippen molar-refractivity contribution in [1.82, 2.24) is 14.9 Å². The highest BCUT2D eigenvalue weighted by molar-refractivity contribution is 5.67. The Morgan fingerprint density at radius 3 is 2.43 bits per heavy atom. The summed E-state index contributed by atoms with van der Waals surface area (Å²) in [4.78, 5) is 10.8. The number of halogens is 1. The monoisotopic (exact) mass is 315 g/mol. The summed E-state index contributed by atoms with van der Waals surface area (Å²) in [5.41, 5.74) is 1.50. The van der Waals surface area contributed by atoms with Crippen LogP contribution in [0.15, 0.2) is 30.6 Å². The molecular weight excluding hydrogens is 293 g/mol. The van der Waals surface area contributed by atoms with E-state index in [-0.39, 0.29) is 17.4 Å². The van der Waals surface area contributed by atoms with Crippen molar-refractivity contribution in [3.05, 3.63) is 42.0 Å². The summed E-state index contributed by atoms with van der Waals surface area (Å²) in [6.45, 7) is 7.52. The standard InChI is InChI=1S/C18H22FN3O/c1-18(2,3)22-9-6-15(22)13-10-12(19)11-14(16(13)23-4)17-20-7-5-8-21-17/h5,7-8,10-11,15H,6,9H2,1-4H3. The molecule has 2 heterocycles. The Kier molecular flexibility index (Phi) is 4.06. The molecular formula is C18H22FN3O. The second-order valence-corrected chi connectivity index (χ2v) is 6.82. The van der Waals surface area contributed by atoms with Crippen molar-refractivity contribution in [2.45, 2.75) is 38.8 Å². The van der Waals surface area contributed by atoms with Crippen LogP contribution in [0.2, 0.25) is 0 Å². The molecule has 23 heavy (non-hydrogen) atoms. The topological polar surface area (TPSA) is 38.3 Å². The summed E-state index contributed by atoms with van der Waals surface area (Å²) in [6.07, 6.45) is 4.29. The van der Waals surface area contributed by atoms with E-state index in [0.717, 1.165) is 18.5 Å². The second-order valence-electron chi connectivity index (χ2n) is 6.82. The van der Waals surface area contributed by atoms with Gasteiger partial charge in [0.1, 0.15) is 11.6 Å². The van der Waals surface area contributed by atoms with Gasteiger partial charge < -0.3 is 4.74 Å². The number of methoxy groups -OCH3 is 1. The van der Waals surface area contributed by atoms with Crippen molar-refractivity contribution in [3.63, 3.8) is 0 Å². The van der Waals surface area contributed by atoms with E-state index in [2.05, 4.69) is 35.6 Å². The lowest BCUT2D eigenvalue weighted by Gasteiger charge is -2.50. The first kappa shape index (κ1) is 15.9. The molecule has 0 bridgehead atoms. The van der Waals surface area contributed by atoms with Crippen LogP contribution in [0.1, 0.15) is 38.8 Å². The summed E-state index contributed by atoms with van der Waals surface area (Å²) in [5, 5.41) is 0. The normalized spacial score (nSPS) is 18.6. The minimum absolute atomic E-state index is 0.0314. The quantitative estimate of drug-likeness (QED) is 0.862. The van der Waals surface area contributed by atoms with Gasteiger partial charge in [-0.05, 0) is 45.4 Å². The van der Waals surface area contributed by atoms with Gasteiger partial charge in [-0.15, -0.1) is 0 Å². The maximum atomic E-state index is 14.2. The number of likely N-dealkylation sites (tertiary alicyclic amines) is 1. The van der Waals surface area contributed by atoms with Crippen LogP contribution in [0.25, 0.3) is 11.4 Å². The number of hydrogen-bond donors (Lipinski definition) is 0. The maximum absolute atomic E-state index is 14.2. The van der Waals surface area contributed by atoms with Crippen LogP contribution in [0, 0.1) is 5.82 Å². The van der Waals surface area contributed by atoms with Gasteiger partial charge in [-0.25, -0.2) is 14.4 Å². The van der Waals surface area contributed by atoms with Gasteiger partial charge in [0.15, 0.2) is 5.82 Å². The minimum atomic E-state index is -0.288. The Hall–Kier alpha value is -2.01. The summed E-state index contributed by atoms with van der Waals surface area (Å²) in [7, 11) is 1.61. The summed E-state index contributed by atoms with van der Waals surface area (Å²) in [5.74, 6) is 0.854. The minimum Gasteiger partial charge on any atom is -0.496 e. The third-order valence-electron chi connectivity index (χ3n) is 4.33. The molecule has 1 aliphatic heterocycles. The number of nitrogens with zero attached hydrogens (tertiary/aromatic N) is 3. The van der Waals surface area contributed by atoms with E-state index in [1.807, 2.05) is 0 Å². The fraction of sp³-hybridized carbons (Fsp3) is 0.444. The van der Waals surface area contributed by atoms with Gasteiger partial charge in [0, 0.05) is 36.1 Å². The van der Waals surface area contributed by atoms with Gasteiger partial charge in [0.25, 0.3) is 0 Å². The first-order valence-electron chi connectivity index (χ1n) is 7.83. The van der Waals surface area contributed by atoms with Crippen LogP contribution in [0.4, 0.5) is 4.39 Å². The molecule has 2 aromatic rings. The predicted octanol–water partition coefficient (Wildman–Crippen LogP) is 3.84. The first-order valence-corrected chi connectivity index (χ1v) is 7.83. The molecule has 1 fully saturated rings. The van der Waals surface area contributed by atoms with Crippen molar-refractivity contribution >= 4 is 0 Å². The Morgan fingerprint density at radius 2 is 1.91 bits per heavy atom. The zero-order valence-electron chi connectivity index (χ0n) is 14.0. The smallest absolute Gasteiger partial charge is 0.162 e. The largest absolute Gasteiger partial charge is 0.496 e. The van der Waals surface area contributed by atoms with E-state index in [1.54, 1.807) is 31.6 Å². The molecule has 4 nitrogen and oxygen atoms in total. The lowest BCUT2D eigenvalue weighted by atomic mass is 9.87. The molecule has 1 aliphatic rings. The van der Waals surface area contributed by atoms with E-state index in [0.29, 0.717) is 17.1 Å². The fourth-order valence-corrected chi connectivity index (χ4v) is 3.21. The highest BCUT2D eigenvalue weighted by atomic mass is 19.1. The second kappa shape index (κ2) is 5.89. The molecule has 0 amide bonds. The summed E-state index contributed by atoms with van der Waals surface area (Å²) >= 11 is 0. The molecule has 0 radical (unpaired) electrons. The zero-order chi connectivity index (χ0) is 16.6. The number of rotatable bonds is 3. The van der Waals surface area contributed by atoms with Gasteiger partial charge in [-0.3, -0.25) is 4.90 Å². The van der Waals surface area contributed by atoms with Crippen molar-refractivity contribution in [1.29, 1.82) is 0 Å². The number of benzene rings is 1. The highest BCUT2D eigenvalue weighted by Gasteiger charge is 2.39.